The van der Waals surface area contributed by atoms with Crippen molar-refractivity contribution in [3.8, 4) is 0 Å². The number of aromatic nitrogens is 1. The number of nitrogens with one attached hydrogen (secondary N) is 2. The summed E-state index contributed by atoms with van der Waals surface area (Å²) in [6, 6.07) is 3.53. The van der Waals surface area contributed by atoms with Crippen molar-refractivity contribution >= 4 is 17.4 Å². The van der Waals surface area contributed by atoms with Crippen LogP contribution >= 0.6 is 0 Å². The number of rotatable bonds is 3. The number of hydrogen-bond donors (Lipinski definition) is 3. The normalized spacial score (nSPS) is 25.9. The van der Waals surface area contributed by atoms with Crippen molar-refractivity contribution in [1.29, 1.82) is 0 Å². The number of β-amino-alcohol motifs (C(OH)–C–C–N with tert-alkyl or cyclic N) is 1. The molecule has 21 heavy (non-hydrogen) atoms. The van der Waals surface area contributed by atoms with Gasteiger partial charge in [0.2, 0.25) is 5.91 Å². The summed E-state index contributed by atoms with van der Waals surface area (Å²) >= 11 is 0. The number of amides is 1. The number of piperidine rings is 1. The van der Waals surface area contributed by atoms with Crippen LogP contribution in [-0.2, 0) is 4.79 Å². The predicted molar refractivity (Wildman–Crippen MR) is 81.3 cm³/mol. The number of nitrogens with zero attached hydrogens (tertiary/aromatic N) is 2. The predicted octanol–water partition coefficient (Wildman–Crippen LogP) is 0.733. The van der Waals surface area contributed by atoms with Gasteiger partial charge in [0.05, 0.1) is 24.0 Å². The Balaban J connectivity index is 1.57. The second kappa shape index (κ2) is 6.41. The lowest BCUT2D eigenvalue weighted by Gasteiger charge is -2.27. The molecule has 2 aliphatic heterocycles. The van der Waals surface area contributed by atoms with Crippen LogP contribution in [0.25, 0.3) is 0 Å². The lowest BCUT2D eigenvalue weighted by atomic mass is 10.1. The molecule has 2 saturated heterocycles. The zero-order valence-corrected chi connectivity index (χ0v) is 12.1. The van der Waals surface area contributed by atoms with Crippen LogP contribution in [0.2, 0.25) is 0 Å². The van der Waals surface area contributed by atoms with Crippen LogP contribution in [0.3, 0.4) is 0 Å². The third-order valence-electron chi connectivity index (χ3n) is 4.12. The minimum atomic E-state index is -0.430. The van der Waals surface area contributed by atoms with Gasteiger partial charge in [-0.15, -0.1) is 0 Å². The molecule has 0 aromatic carbocycles. The molecule has 2 atom stereocenters. The highest BCUT2D eigenvalue weighted by molar-refractivity contribution is 5.95. The van der Waals surface area contributed by atoms with Crippen LogP contribution < -0.4 is 15.5 Å². The van der Waals surface area contributed by atoms with Crippen LogP contribution in [0.5, 0.6) is 0 Å². The van der Waals surface area contributed by atoms with E-state index in [0.29, 0.717) is 18.7 Å². The number of hydrogen-bond acceptors (Lipinski definition) is 5. The van der Waals surface area contributed by atoms with E-state index in [4.69, 9.17) is 0 Å². The van der Waals surface area contributed by atoms with Gasteiger partial charge >= 0.3 is 0 Å². The molecule has 0 aliphatic carbocycles. The van der Waals surface area contributed by atoms with Crippen molar-refractivity contribution in [2.24, 2.45) is 0 Å². The van der Waals surface area contributed by atoms with Crippen molar-refractivity contribution in [1.82, 2.24) is 10.3 Å². The van der Waals surface area contributed by atoms with Gasteiger partial charge in [-0.05, 0) is 37.8 Å². The Morgan fingerprint density at radius 1 is 1.33 bits per heavy atom. The third-order valence-corrected chi connectivity index (χ3v) is 4.12. The SMILES string of the molecule is O=C(Nc1ccc(N2CCCCC2)nc1)C1CC(O)CN1. The molecule has 1 aromatic heterocycles. The average molecular weight is 290 g/mol. The quantitative estimate of drug-likeness (QED) is 0.765. The number of aliphatic hydroxyl groups is 1. The van der Waals surface area contributed by atoms with Gasteiger partial charge in [-0.3, -0.25) is 4.79 Å². The van der Waals surface area contributed by atoms with Crippen molar-refractivity contribution in [3.05, 3.63) is 18.3 Å². The molecule has 0 radical (unpaired) electrons. The minimum absolute atomic E-state index is 0.112. The zero-order valence-electron chi connectivity index (χ0n) is 12.1. The molecular weight excluding hydrogens is 268 g/mol. The Morgan fingerprint density at radius 2 is 2.14 bits per heavy atom. The van der Waals surface area contributed by atoms with Gasteiger partial charge in [-0.25, -0.2) is 4.98 Å². The summed E-state index contributed by atoms with van der Waals surface area (Å²) in [6.45, 7) is 2.59. The van der Waals surface area contributed by atoms with Gasteiger partial charge in [0, 0.05) is 19.6 Å². The van der Waals surface area contributed by atoms with Gasteiger partial charge < -0.3 is 20.6 Å². The van der Waals surface area contributed by atoms with E-state index in [0.717, 1.165) is 18.9 Å². The second-order valence-electron chi connectivity index (χ2n) is 5.79. The lowest BCUT2D eigenvalue weighted by molar-refractivity contribution is -0.117. The molecule has 3 N–H and O–H groups in total. The molecule has 6 heteroatoms. The standard InChI is InChI=1S/C15H22N4O2/c20-12-8-13(16-10-12)15(21)18-11-4-5-14(17-9-11)19-6-2-1-3-7-19/h4-5,9,12-13,16,20H,1-3,6-8,10H2,(H,18,21). The molecule has 0 saturated carbocycles. The molecule has 3 rings (SSSR count). The second-order valence-corrected chi connectivity index (χ2v) is 5.79. The average Bonchev–Trinajstić information content (AvgIpc) is 2.96. The summed E-state index contributed by atoms with van der Waals surface area (Å²) in [5, 5.41) is 15.3. The number of carbonyl (C=O) groups is 1. The highest BCUT2D eigenvalue weighted by Gasteiger charge is 2.28. The summed E-state index contributed by atoms with van der Waals surface area (Å²) in [7, 11) is 0. The largest absolute Gasteiger partial charge is 0.392 e. The molecule has 3 heterocycles. The molecule has 0 bridgehead atoms. The molecule has 114 valence electrons. The van der Waals surface area contributed by atoms with E-state index in [1.165, 1.54) is 19.3 Å². The lowest BCUT2D eigenvalue weighted by Crippen LogP contribution is -2.35. The van der Waals surface area contributed by atoms with Crippen molar-refractivity contribution in [2.45, 2.75) is 37.8 Å². The first-order chi connectivity index (χ1) is 10.2. The van der Waals surface area contributed by atoms with E-state index in [1.54, 1.807) is 6.20 Å². The van der Waals surface area contributed by atoms with Crippen molar-refractivity contribution in [2.75, 3.05) is 29.9 Å². The topological polar surface area (TPSA) is 77.5 Å². The van der Waals surface area contributed by atoms with Gasteiger partial charge in [0.25, 0.3) is 0 Å². The Morgan fingerprint density at radius 3 is 2.76 bits per heavy atom. The number of aliphatic hydroxyl groups excluding tert-OH is 1. The van der Waals surface area contributed by atoms with E-state index in [2.05, 4.69) is 20.5 Å². The zero-order chi connectivity index (χ0) is 14.7. The summed E-state index contributed by atoms with van der Waals surface area (Å²) < 4.78 is 0. The maximum atomic E-state index is 12.0. The van der Waals surface area contributed by atoms with Gasteiger partial charge in [0.15, 0.2) is 0 Å². The van der Waals surface area contributed by atoms with E-state index in [-0.39, 0.29) is 11.9 Å². The number of carbonyl (C=O) groups excluding carboxylic acids is 1. The minimum Gasteiger partial charge on any atom is -0.392 e. The van der Waals surface area contributed by atoms with E-state index >= 15 is 0 Å². The Bertz CT molecular complexity index is 485. The van der Waals surface area contributed by atoms with Gasteiger partial charge in [-0.2, -0.15) is 0 Å². The Labute approximate surface area is 124 Å². The summed E-state index contributed by atoms with van der Waals surface area (Å²) in [4.78, 5) is 18.7. The maximum absolute atomic E-state index is 12.0. The molecule has 0 spiro atoms. The van der Waals surface area contributed by atoms with Gasteiger partial charge in [0.1, 0.15) is 5.82 Å². The van der Waals surface area contributed by atoms with E-state index < -0.39 is 6.10 Å². The van der Waals surface area contributed by atoms with Crippen LogP contribution in [0, 0.1) is 0 Å². The van der Waals surface area contributed by atoms with Crippen LogP contribution in [0.15, 0.2) is 18.3 Å². The fraction of sp³-hybridized carbons (Fsp3) is 0.600. The maximum Gasteiger partial charge on any atom is 0.241 e. The fourth-order valence-corrected chi connectivity index (χ4v) is 2.92. The Kier molecular flexibility index (Phi) is 4.36. The molecule has 1 aromatic rings. The summed E-state index contributed by atoms with van der Waals surface area (Å²) in [6.07, 6.45) is 5.47. The molecule has 1 amide bonds. The Hall–Kier alpha value is -1.66. The van der Waals surface area contributed by atoms with Crippen molar-refractivity contribution in [3.63, 3.8) is 0 Å². The third kappa shape index (κ3) is 3.51. The number of anilines is 2. The van der Waals surface area contributed by atoms with Crippen LogP contribution in [-0.4, -0.2) is 47.8 Å². The molecule has 2 unspecified atom stereocenters. The monoisotopic (exact) mass is 290 g/mol. The van der Waals surface area contributed by atoms with Crippen LogP contribution in [0.1, 0.15) is 25.7 Å². The van der Waals surface area contributed by atoms with E-state index in [9.17, 15) is 9.90 Å². The molecule has 6 nitrogen and oxygen atoms in total. The smallest absolute Gasteiger partial charge is 0.241 e. The highest BCUT2D eigenvalue weighted by atomic mass is 16.3. The molecule has 2 aliphatic rings. The van der Waals surface area contributed by atoms with E-state index in [1.807, 2.05) is 12.1 Å². The number of pyridine rings is 1. The van der Waals surface area contributed by atoms with Crippen molar-refractivity contribution < 1.29 is 9.90 Å². The first-order valence-electron chi connectivity index (χ1n) is 7.66. The van der Waals surface area contributed by atoms with Gasteiger partial charge in [-0.1, -0.05) is 0 Å². The summed E-state index contributed by atoms with van der Waals surface area (Å²) in [5.74, 6) is 0.862. The molecule has 2 fully saturated rings. The summed E-state index contributed by atoms with van der Waals surface area (Å²) in [5.41, 5.74) is 0.698. The first kappa shape index (κ1) is 14.3. The first-order valence-corrected chi connectivity index (χ1v) is 7.66. The van der Waals surface area contributed by atoms with Crippen LogP contribution in [0.4, 0.5) is 11.5 Å². The fourth-order valence-electron chi connectivity index (χ4n) is 2.92. The molecular formula is C15H22N4O2. The highest BCUT2D eigenvalue weighted by Crippen LogP contribution is 2.19.